The minimum Gasteiger partial charge on any atom is -0.353 e. The highest BCUT2D eigenvalue weighted by atomic mass is 16.2. The maximum Gasteiger partial charge on any atom is 0.243 e. The van der Waals surface area contributed by atoms with Gasteiger partial charge in [-0.15, -0.1) is 0 Å². The van der Waals surface area contributed by atoms with Crippen molar-refractivity contribution in [1.29, 1.82) is 0 Å². The van der Waals surface area contributed by atoms with E-state index in [1.165, 1.54) is 0 Å². The molecular formula is C9H14N4O. The molecule has 1 fully saturated rings. The molecule has 2 unspecified atom stereocenters. The molecule has 1 saturated heterocycles. The van der Waals surface area contributed by atoms with E-state index < -0.39 is 0 Å². The van der Waals surface area contributed by atoms with E-state index in [1.54, 1.807) is 10.9 Å². The van der Waals surface area contributed by atoms with Gasteiger partial charge in [0.2, 0.25) is 5.91 Å². The molecule has 0 aliphatic carbocycles. The van der Waals surface area contributed by atoms with E-state index in [0.29, 0.717) is 12.6 Å². The lowest BCUT2D eigenvalue weighted by Gasteiger charge is -2.28. The quantitative estimate of drug-likeness (QED) is 0.637. The van der Waals surface area contributed by atoms with E-state index in [2.05, 4.69) is 15.7 Å². The Morgan fingerprint density at radius 2 is 2.43 bits per heavy atom. The summed E-state index contributed by atoms with van der Waals surface area (Å²) in [6.07, 6.45) is 1.70. The molecule has 1 aromatic heterocycles. The summed E-state index contributed by atoms with van der Waals surface area (Å²) in [7, 11) is 1.84. The number of carbonyl (C=O) groups excluding carboxylic acids is 1. The van der Waals surface area contributed by atoms with Crippen LogP contribution in [0.4, 0.5) is 0 Å². The third-order valence-electron chi connectivity index (χ3n) is 2.45. The van der Waals surface area contributed by atoms with E-state index in [9.17, 15) is 4.79 Å². The fourth-order valence-corrected chi connectivity index (χ4v) is 1.66. The number of aryl methyl sites for hydroxylation is 1. The number of rotatable bonds is 1. The first kappa shape index (κ1) is 9.21. The third-order valence-corrected chi connectivity index (χ3v) is 2.45. The number of aromatic nitrogens is 2. The van der Waals surface area contributed by atoms with Crippen LogP contribution < -0.4 is 10.6 Å². The first-order valence-corrected chi connectivity index (χ1v) is 4.70. The lowest BCUT2D eigenvalue weighted by Crippen LogP contribution is -2.52. The molecule has 1 amide bonds. The van der Waals surface area contributed by atoms with Crippen molar-refractivity contribution in [2.24, 2.45) is 7.05 Å². The molecule has 0 spiro atoms. The number of nitrogens with zero attached hydrogens (tertiary/aromatic N) is 2. The lowest BCUT2D eigenvalue weighted by molar-refractivity contribution is -0.125. The highest BCUT2D eigenvalue weighted by Gasteiger charge is 2.28. The molecule has 1 aromatic rings. The molecule has 2 atom stereocenters. The van der Waals surface area contributed by atoms with Crippen molar-refractivity contribution in [2.45, 2.75) is 19.0 Å². The monoisotopic (exact) mass is 194 g/mol. The van der Waals surface area contributed by atoms with Crippen LogP contribution in [0.5, 0.6) is 0 Å². The zero-order valence-electron chi connectivity index (χ0n) is 8.32. The largest absolute Gasteiger partial charge is 0.353 e. The van der Waals surface area contributed by atoms with Crippen LogP contribution in [0.3, 0.4) is 0 Å². The molecule has 1 aliphatic rings. The van der Waals surface area contributed by atoms with Crippen LogP contribution in [0.1, 0.15) is 18.7 Å². The van der Waals surface area contributed by atoms with Gasteiger partial charge in [-0.1, -0.05) is 0 Å². The minimum absolute atomic E-state index is 0.0201. The van der Waals surface area contributed by atoms with Crippen molar-refractivity contribution in [3.05, 3.63) is 18.0 Å². The number of piperazine rings is 1. The van der Waals surface area contributed by atoms with Crippen LogP contribution in [0, 0.1) is 0 Å². The molecule has 2 N–H and O–H groups in total. The second-order valence-corrected chi connectivity index (χ2v) is 3.63. The molecule has 0 aromatic carbocycles. The topological polar surface area (TPSA) is 59.0 Å². The fraction of sp³-hybridized carbons (Fsp3) is 0.556. The van der Waals surface area contributed by atoms with Gasteiger partial charge in [-0.05, 0) is 13.0 Å². The van der Waals surface area contributed by atoms with Crippen LogP contribution in [0.15, 0.2) is 12.3 Å². The van der Waals surface area contributed by atoms with Crippen molar-refractivity contribution in [3.8, 4) is 0 Å². The SMILES string of the molecule is CC1CNC(=O)C(c2ccnn2C)N1. The number of hydrogen-bond acceptors (Lipinski definition) is 3. The Morgan fingerprint density at radius 3 is 3.07 bits per heavy atom. The van der Waals surface area contributed by atoms with Gasteiger partial charge >= 0.3 is 0 Å². The van der Waals surface area contributed by atoms with Crippen molar-refractivity contribution < 1.29 is 4.79 Å². The van der Waals surface area contributed by atoms with Gasteiger partial charge in [0.05, 0.1) is 5.69 Å². The second kappa shape index (κ2) is 3.42. The summed E-state index contributed by atoms with van der Waals surface area (Å²) in [5.41, 5.74) is 0.897. The summed E-state index contributed by atoms with van der Waals surface area (Å²) in [5, 5.41) is 10.1. The molecule has 5 nitrogen and oxygen atoms in total. The summed E-state index contributed by atoms with van der Waals surface area (Å²) < 4.78 is 1.72. The number of nitrogens with one attached hydrogen (secondary N) is 2. The molecule has 0 saturated carbocycles. The molecule has 5 heteroatoms. The number of amides is 1. The van der Waals surface area contributed by atoms with Crippen LogP contribution in [0.2, 0.25) is 0 Å². The highest BCUT2D eigenvalue weighted by Crippen LogP contribution is 2.14. The summed E-state index contributed by atoms with van der Waals surface area (Å²) in [6, 6.07) is 1.88. The molecule has 2 heterocycles. The highest BCUT2D eigenvalue weighted by molar-refractivity contribution is 5.83. The van der Waals surface area contributed by atoms with Gasteiger partial charge in [-0.2, -0.15) is 5.10 Å². The van der Waals surface area contributed by atoms with Crippen LogP contribution in [-0.4, -0.2) is 28.3 Å². The second-order valence-electron chi connectivity index (χ2n) is 3.63. The Bertz CT molecular complexity index is 346. The van der Waals surface area contributed by atoms with E-state index in [0.717, 1.165) is 5.69 Å². The summed E-state index contributed by atoms with van der Waals surface area (Å²) in [6.45, 7) is 2.73. The number of carbonyl (C=O) groups is 1. The molecular weight excluding hydrogens is 180 g/mol. The molecule has 14 heavy (non-hydrogen) atoms. The van der Waals surface area contributed by atoms with E-state index >= 15 is 0 Å². The Morgan fingerprint density at radius 1 is 1.64 bits per heavy atom. The maximum atomic E-state index is 11.6. The van der Waals surface area contributed by atoms with Gasteiger partial charge in [-0.3, -0.25) is 14.8 Å². The first-order valence-electron chi connectivity index (χ1n) is 4.70. The summed E-state index contributed by atoms with van der Waals surface area (Å²) in [5.74, 6) is 0.0201. The zero-order valence-corrected chi connectivity index (χ0v) is 8.32. The molecule has 76 valence electrons. The van der Waals surface area contributed by atoms with E-state index in [4.69, 9.17) is 0 Å². The predicted octanol–water partition coefficient (Wildman–Crippen LogP) is -0.431. The minimum atomic E-state index is -0.272. The zero-order chi connectivity index (χ0) is 10.1. The lowest BCUT2D eigenvalue weighted by atomic mass is 10.1. The third kappa shape index (κ3) is 1.50. The first-order chi connectivity index (χ1) is 6.68. The van der Waals surface area contributed by atoms with E-state index in [-0.39, 0.29) is 11.9 Å². The average molecular weight is 194 g/mol. The molecule has 2 rings (SSSR count). The fourth-order valence-electron chi connectivity index (χ4n) is 1.66. The normalized spacial score (nSPS) is 27.4. The molecule has 0 radical (unpaired) electrons. The standard InChI is InChI=1S/C9H14N4O/c1-6-5-10-9(14)8(12-6)7-3-4-11-13(7)2/h3-4,6,8,12H,5H2,1-2H3,(H,10,14). The molecule has 0 bridgehead atoms. The van der Waals surface area contributed by atoms with Crippen LogP contribution >= 0.6 is 0 Å². The van der Waals surface area contributed by atoms with Crippen molar-refractivity contribution in [2.75, 3.05) is 6.54 Å². The Balaban J connectivity index is 2.24. The van der Waals surface area contributed by atoms with Crippen molar-refractivity contribution >= 4 is 5.91 Å². The van der Waals surface area contributed by atoms with Gasteiger partial charge in [-0.25, -0.2) is 0 Å². The Labute approximate surface area is 82.5 Å². The van der Waals surface area contributed by atoms with Crippen molar-refractivity contribution in [3.63, 3.8) is 0 Å². The number of hydrogen-bond donors (Lipinski definition) is 2. The van der Waals surface area contributed by atoms with Crippen LogP contribution in [0.25, 0.3) is 0 Å². The summed E-state index contributed by atoms with van der Waals surface area (Å²) >= 11 is 0. The van der Waals surface area contributed by atoms with Crippen molar-refractivity contribution in [1.82, 2.24) is 20.4 Å². The van der Waals surface area contributed by atoms with Gasteiger partial charge in [0.25, 0.3) is 0 Å². The Hall–Kier alpha value is -1.36. The predicted molar refractivity (Wildman–Crippen MR) is 51.6 cm³/mol. The van der Waals surface area contributed by atoms with E-state index in [1.807, 2.05) is 20.0 Å². The van der Waals surface area contributed by atoms with Gasteiger partial charge in [0.1, 0.15) is 6.04 Å². The summed E-state index contributed by atoms with van der Waals surface area (Å²) in [4.78, 5) is 11.6. The van der Waals surface area contributed by atoms with Gasteiger partial charge in [0.15, 0.2) is 0 Å². The molecule has 1 aliphatic heterocycles. The van der Waals surface area contributed by atoms with Gasteiger partial charge < -0.3 is 5.32 Å². The Kier molecular flexibility index (Phi) is 2.25. The van der Waals surface area contributed by atoms with Gasteiger partial charge in [0, 0.05) is 25.8 Å². The maximum absolute atomic E-state index is 11.6. The average Bonchev–Trinajstić information content (AvgIpc) is 2.56. The smallest absolute Gasteiger partial charge is 0.243 e. The van der Waals surface area contributed by atoms with Crippen LogP contribution in [-0.2, 0) is 11.8 Å².